The molecule has 2 fully saturated rings. The zero-order chi connectivity index (χ0) is 34.0. The Morgan fingerprint density at radius 3 is 2.45 bits per heavy atom. The van der Waals surface area contributed by atoms with E-state index in [1.165, 1.54) is 32.2 Å². The van der Waals surface area contributed by atoms with Crippen molar-refractivity contribution in [3.63, 3.8) is 0 Å². The summed E-state index contributed by atoms with van der Waals surface area (Å²) in [6, 6.07) is 3.93. The first kappa shape index (κ1) is 34.3. The number of phenolic OH excluding ortho intramolecular Hbond substituents is 2. The molecule has 2 aliphatic heterocycles. The first-order valence-electron chi connectivity index (χ1n) is 15.1. The van der Waals surface area contributed by atoms with E-state index in [-0.39, 0.29) is 65.7 Å². The summed E-state index contributed by atoms with van der Waals surface area (Å²) in [5, 5.41) is 37.8. The number of hydrogen-bond acceptors (Lipinski definition) is 11. The number of aromatic hydroxyl groups is 2. The number of halogens is 2. The van der Waals surface area contributed by atoms with Crippen molar-refractivity contribution in [2.24, 2.45) is 0 Å². The van der Waals surface area contributed by atoms with Crippen LogP contribution < -0.4 is 9.82 Å². The van der Waals surface area contributed by atoms with Gasteiger partial charge in [0.15, 0.2) is 17.9 Å². The molecule has 0 saturated carbocycles. The number of carbonyl (C=O) groups excluding carboxylic acids is 3. The lowest BCUT2D eigenvalue weighted by Gasteiger charge is -2.41. The lowest BCUT2D eigenvalue weighted by atomic mass is 9.72. The Hall–Kier alpha value is -2.58. The zero-order valence-electron chi connectivity index (χ0n) is 25.8. The fourth-order valence-corrected chi connectivity index (χ4v) is 10.1. The average Bonchev–Trinajstić information content (AvgIpc) is 3.38. The Kier molecular flexibility index (Phi) is 9.27. The molecule has 6 rings (SSSR count). The number of Topliss-reactive ketones (excluding diaryl/α,β-unsaturated/α-hetero) is 1. The maximum absolute atomic E-state index is 13.9. The minimum atomic E-state index is -3.54. The van der Waals surface area contributed by atoms with Crippen LogP contribution in [0.2, 0.25) is 0 Å². The molecule has 0 amide bonds. The number of methoxy groups -OCH3 is 1. The molecule has 2 aromatic rings. The maximum Gasteiger partial charge on any atom is 0.344 e. The van der Waals surface area contributed by atoms with Gasteiger partial charge in [0.05, 0.1) is 42.0 Å². The van der Waals surface area contributed by atoms with Crippen LogP contribution in [-0.4, -0.2) is 99.4 Å². The van der Waals surface area contributed by atoms with Gasteiger partial charge in [0, 0.05) is 60.8 Å². The van der Waals surface area contributed by atoms with Crippen LogP contribution in [0, 0.1) is 0 Å². The van der Waals surface area contributed by atoms with Crippen molar-refractivity contribution in [1.82, 2.24) is 9.76 Å². The number of phenols is 2. The van der Waals surface area contributed by atoms with Gasteiger partial charge in [-0.3, -0.25) is 23.5 Å². The molecule has 16 heteroatoms. The second-order valence-corrected chi connectivity index (χ2v) is 15.0. The van der Waals surface area contributed by atoms with E-state index in [2.05, 4.69) is 5.09 Å². The molecule has 4 aliphatic rings. The number of alkyl halides is 2. The SMILES string of the molecule is COc1cccc2c1C(=O)c1c(O)c3c(c(O)c1C2=O)C[C@@](O)(C(C)=O)C[C@@H]3O[C@H]1C[C@@H]2N[P@](=O)(N(CCCl)CCCl)O[C@@H]2[C@H](C)O1. The van der Waals surface area contributed by atoms with Gasteiger partial charge in [-0.1, -0.05) is 12.1 Å². The molecule has 0 bridgehead atoms. The molecule has 13 nitrogen and oxygen atoms in total. The molecular weight excluding hydrogens is 678 g/mol. The lowest BCUT2D eigenvalue weighted by molar-refractivity contribution is -0.241. The minimum absolute atomic E-state index is 0.0275. The standard InChI is InChI=1S/C31H35Cl2N2O11P/c1-14-30-18(34-47(42,46-30)35(9-7-32)10-8-33)11-21(44-14)45-20-13-31(41,15(2)36)12-17-23(20)29(40)25-24(27(17)38)26(37)16-5-4-6-19(43-3)22(16)28(25)39/h4-6,14,18,20-21,30,38,40-41H,7-13H2,1-3H3,(H,34,42)/t14-,18-,20-,21-,30+,31-,47+/m0/s1. The van der Waals surface area contributed by atoms with Crippen LogP contribution in [0.15, 0.2) is 18.2 Å². The van der Waals surface area contributed by atoms with Crippen molar-refractivity contribution in [3.8, 4) is 17.2 Å². The number of aliphatic hydroxyl groups is 1. The molecule has 2 heterocycles. The van der Waals surface area contributed by atoms with E-state index in [1.807, 2.05) is 0 Å². The van der Waals surface area contributed by atoms with Crippen molar-refractivity contribution >= 4 is 48.2 Å². The van der Waals surface area contributed by atoms with Crippen LogP contribution in [0.25, 0.3) is 0 Å². The molecule has 2 saturated heterocycles. The summed E-state index contributed by atoms with van der Waals surface area (Å²) in [6.07, 6.45) is -4.27. The Labute approximate surface area is 280 Å². The fourth-order valence-electron chi connectivity index (χ4n) is 7.02. The largest absolute Gasteiger partial charge is 0.507 e. The summed E-state index contributed by atoms with van der Waals surface area (Å²) >= 11 is 11.9. The van der Waals surface area contributed by atoms with Crippen LogP contribution in [-0.2, 0) is 29.8 Å². The van der Waals surface area contributed by atoms with E-state index in [0.717, 1.165) is 0 Å². The summed E-state index contributed by atoms with van der Waals surface area (Å²) in [7, 11) is -2.21. The summed E-state index contributed by atoms with van der Waals surface area (Å²) < 4.78 is 39.1. The Morgan fingerprint density at radius 1 is 1.13 bits per heavy atom. The molecule has 2 aromatic carbocycles. The van der Waals surface area contributed by atoms with E-state index >= 15 is 0 Å². The highest BCUT2D eigenvalue weighted by Gasteiger charge is 2.54. The van der Waals surface area contributed by atoms with Crippen LogP contribution in [0.4, 0.5) is 0 Å². The van der Waals surface area contributed by atoms with Gasteiger partial charge < -0.3 is 29.5 Å². The first-order valence-corrected chi connectivity index (χ1v) is 17.8. The minimum Gasteiger partial charge on any atom is -0.507 e. The smallest absolute Gasteiger partial charge is 0.344 e. The van der Waals surface area contributed by atoms with Crippen LogP contribution in [0.5, 0.6) is 17.2 Å². The predicted molar refractivity (Wildman–Crippen MR) is 169 cm³/mol. The van der Waals surface area contributed by atoms with Gasteiger partial charge in [0.1, 0.15) is 29.0 Å². The van der Waals surface area contributed by atoms with Gasteiger partial charge in [-0.25, -0.2) is 9.76 Å². The number of nitrogens with one attached hydrogen (secondary N) is 1. The number of rotatable bonds is 9. The molecule has 2 aliphatic carbocycles. The Balaban J connectivity index is 1.38. The number of carbonyl (C=O) groups is 3. The van der Waals surface area contributed by atoms with Gasteiger partial charge in [0.25, 0.3) is 0 Å². The van der Waals surface area contributed by atoms with Gasteiger partial charge >= 0.3 is 7.67 Å². The molecule has 4 N–H and O–H groups in total. The van der Waals surface area contributed by atoms with Gasteiger partial charge in [-0.15, -0.1) is 23.2 Å². The monoisotopic (exact) mass is 712 g/mol. The van der Waals surface area contributed by atoms with Gasteiger partial charge in [-0.2, -0.15) is 0 Å². The Morgan fingerprint density at radius 2 is 1.81 bits per heavy atom. The number of ketones is 3. The van der Waals surface area contributed by atoms with Crippen molar-refractivity contribution in [3.05, 3.63) is 51.6 Å². The zero-order valence-corrected chi connectivity index (χ0v) is 28.2. The van der Waals surface area contributed by atoms with Crippen molar-refractivity contribution in [2.45, 2.75) is 69.4 Å². The topological polar surface area (TPSA) is 181 Å². The molecule has 0 spiro atoms. The van der Waals surface area contributed by atoms with Crippen molar-refractivity contribution in [2.75, 3.05) is 32.0 Å². The summed E-state index contributed by atoms with van der Waals surface area (Å²) in [4.78, 5) is 40.3. The highest BCUT2D eigenvalue weighted by molar-refractivity contribution is 7.54. The number of benzene rings is 2. The highest BCUT2D eigenvalue weighted by atomic mass is 35.5. The molecule has 0 radical (unpaired) electrons. The second kappa shape index (κ2) is 12.7. The molecule has 254 valence electrons. The number of nitrogens with zero attached hydrogens (tertiary/aromatic N) is 1. The fraction of sp³-hybridized carbons (Fsp3) is 0.516. The van der Waals surface area contributed by atoms with E-state index in [1.54, 1.807) is 11.6 Å². The maximum atomic E-state index is 13.9. The number of fused-ring (bicyclic) bond motifs is 4. The quantitative estimate of drug-likeness (QED) is 0.144. The second-order valence-electron chi connectivity index (χ2n) is 12.1. The molecule has 47 heavy (non-hydrogen) atoms. The summed E-state index contributed by atoms with van der Waals surface area (Å²) in [5.41, 5.74) is -3.18. The molecule has 0 unspecified atom stereocenters. The van der Waals surface area contributed by atoms with E-state index in [4.69, 9.17) is 41.9 Å². The molecule has 7 atom stereocenters. The average molecular weight is 714 g/mol. The van der Waals surface area contributed by atoms with Crippen molar-refractivity contribution in [1.29, 1.82) is 0 Å². The number of hydrogen-bond donors (Lipinski definition) is 4. The van der Waals surface area contributed by atoms with E-state index in [9.17, 15) is 34.3 Å². The third-order valence-corrected chi connectivity index (χ3v) is 12.0. The third kappa shape index (κ3) is 5.59. The summed E-state index contributed by atoms with van der Waals surface area (Å²) in [5.74, 6) is -2.86. The van der Waals surface area contributed by atoms with Gasteiger partial charge in [-0.05, 0) is 19.9 Å². The van der Waals surface area contributed by atoms with Gasteiger partial charge in [0.2, 0.25) is 5.78 Å². The highest BCUT2D eigenvalue weighted by Crippen LogP contribution is 2.57. The molecule has 0 aromatic heterocycles. The third-order valence-electron chi connectivity index (χ3n) is 9.37. The Bertz CT molecular complexity index is 1700. The van der Waals surface area contributed by atoms with Crippen molar-refractivity contribution < 1.29 is 53.0 Å². The van der Waals surface area contributed by atoms with Crippen LogP contribution in [0.1, 0.15) is 75.8 Å². The number of ether oxygens (including phenoxy) is 3. The van der Waals surface area contributed by atoms with Crippen LogP contribution in [0.3, 0.4) is 0 Å². The summed E-state index contributed by atoms with van der Waals surface area (Å²) in [6.45, 7) is 3.43. The van der Waals surface area contributed by atoms with E-state index in [0.29, 0.717) is 0 Å². The predicted octanol–water partition coefficient (Wildman–Crippen LogP) is 3.59. The molecular formula is C31H35Cl2N2O11P. The normalized spacial score (nSPS) is 31.3. The van der Waals surface area contributed by atoms with Crippen LogP contribution >= 0.6 is 30.9 Å². The lowest BCUT2D eigenvalue weighted by Crippen LogP contribution is -2.50. The van der Waals surface area contributed by atoms with E-state index < -0.39 is 90.3 Å². The first-order chi connectivity index (χ1) is 22.3.